The second-order valence-electron chi connectivity index (χ2n) is 4.61. The molecule has 100 valence electrons. The van der Waals surface area contributed by atoms with Gasteiger partial charge in [-0.3, -0.25) is 4.79 Å². The number of thiazole rings is 1. The van der Waals surface area contributed by atoms with E-state index in [1.54, 1.807) is 23.7 Å². The lowest BCUT2D eigenvalue weighted by atomic mass is 10.2. The number of carbonyl (C=O) groups is 1. The molecule has 2 heterocycles. The van der Waals surface area contributed by atoms with Crippen LogP contribution in [0.2, 0.25) is 0 Å². The van der Waals surface area contributed by atoms with Crippen LogP contribution in [0.25, 0.3) is 10.2 Å². The third-order valence-electron chi connectivity index (χ3n) is 3.16. The van der Waals surface area contributed by atoms with Crippen molar-refractivity contribution >= 4 is 37.3 Å². The van der Waals surface area contributed by atoms with E-state index in [1.165, 1.54) is 11.3 Å². The summed E-state index contributed by atoms with van der Waals surface area (Å²) >= 11 is 1.47. The van der Waals surface area contributed by atoms with Gasteiger partial charge < -0.3 is 5.32 Å². The molecule has 1 aromatic heterocycles. The second-order valence-corrected chi connectivity index (χ2v) is 7.72. The Hall–Kier alpha value is -1.47. The third-order valence-corrected chi connectivity index (χ3v) is 5.72. The van der Waals surface area contributed by atoms with Crippen LogP contribution >= 0.6 is 11.3 Å². The van der Waals surface area contributed by atoms with Crippen LogP contribution in [-0.2, 0) is 9.84 Å². The summed E-state index contributed by atoms with van der Waals surface area (Å²) in [7, 11) is -2.97. The van der Waals surface area contributed by atoms with Crippen molar-refractivity contribution in [1.29, 1.82) is 0 Å². The minimum atomic E-state index is -2.97. The monoisotopic (exact) mass is 296 g/mol. The van der Waals surface area contributed by atoms with Crippen molar-refractivity contribution in [3.05, 3.63) is 29.3 Å². The fourth-order valence-corrected chi connectivity index (χ4v) is 4.56. The number of sulfone groups is 1. The highest BCUT2D eigenvalue weighted by Crippen LogP contribution is 2.19. The van der Waals surface area contributed by atoms with E-state index in [-0.39, 0.29) is 23.5 Å². The van der Waals surface area contributed by atoms with Crippen LogP contribution in [0.1, 0.15) is 16.8 Å². The van der Waals surface area contributed by atoms with Gasteiger partial charge in [-0.15, -0.1) is 11.3 Å². The number of benzene rings is 1. The molecular formula is C12H12N2O3S2. The topological polar surface area (TPSA) is 76.1 Å². The number of aromatic nitrogens is 1. The summed E-state index contributed by atoms with van der Waals surface area (Å²) in [5.74, 6) is -0.0229. The molecule has 3 rings (SSSR count). The molecule has 0 bridgehead atoms. The van der Waals surface area contributed by atoms with Crippen LogP contribution < -0.4 is 5.32 Å². The Morgan fingerprint density at radius 1 is 1.42 bits per heavy atom. The Kier molecular flexibility index (Phi) is 3.02. The summed E-state index contributed by atoms with van der Waals surface area (Å²) in [5, 5.41) is 2.77. The lowest BCUT2D eigenvalue weighted by molar-refractivity contribution is 0.0941. The largest absolute Gasteiger partial charge is 0.348 e. The molecule has 1 amide bonds. The van der Waals surface area contributed by atoms with Crippen molar-refractivity contribution in [2.45, 2.75) is 12.5 Å². The first-order valence-corrected chi connectivity index (χ1v) is 8.58. The molecule has 1 aliphatic rings. The van der Waals surface area contributed by atoms with Gasteiger partial charge in [-0.2, -0.15) is 0 Å². The maximum atomic E-state index is 12.1. The number of hydrogen-bond donors (Lipinski definition) is 1. The molecule has 0 saturated carbocycles. The van der Waals surface area contributed by atoms with Crippen LogP contribution in [0.15, 0.2) is 23.7 Å². The first-order valence-electron chi connectivity index (χ1n) is 5.88. The van der Waals surface area contributed by atoms with Crippen molar-refractivity contribution in [2.24, 2.45) is 0 Å². The molecule has 1 N–H and O–H groups in total. The molecule has 0 radical (unpaired) electrons. The van der Waals surface area contributed by atoms with Crippen molar-refractivity contribution < 1.29 is 13.2 Å². The molecule has 0 unspecified atom stereocenters. The molecule has 19 heavy (non-hydrogen) atoms. The minimum absolute atomic E-state index is 0.0432. The van der Waals surface area contributed by atoms with Gasteiger partial charge in [0.1, 0.15) is 0 Å². The van der Waals surface area contributed by atoms with Gasteiger partial charge in [-0.1, -0.05) is 0 Å². The number of nitrogens with zero attached hydrogens (tertiary/aromatic N) is 1. The molecule has 1 saturated heterocycles. The smallest absolute Gasteiger partial charge is 0.251 e. The summed E-state index contributed by atoms with van der Waals surface area (Å²) in [6, 6.07) is 5.02. The van der Waals surface area contributed by atoms with Crippen molar-refractivity contribution in [3.8, 4) is 0 Å². The SMILES string of the molecule is O=C(N[C@H]1CCS(=O)(=O)C1)c1ccc2ncsc2c1. The minimum Gasteiger partial charge on any atom is -0.348 e. The summed E-state index contributed by atoms with van der Waals surface area (Å²) in [6.45, 7) is 0. The number of nitrogens with one attached hydrogen (secondary N) is 1. The van der Waals surface area contributed by atoms with Crippen molar-refractivity contribution in [2.75, 3.05) is 11.5 Å². The molecule has 0 aliphatic carbocycles. The number of rotatable bonds is 2. The van der Waals surface area contributed by atoms with Gasteiger partial charge in [0.15, 0.2) is 9.84 Å². The van der Waals surface area contributed by atoms with Gasteiger partial charge in [-0.05, 0) is 24.6 Å². The Bertz CT molecular complexity index is 736. The molecule has 7 heteroatoms. The molecule has 0 spiro atoms. The van der Waals surface area contributed by atoms with E-state index in [0.29, 0.717) is 12.0 Å². The predicted molar refractivity (Wildman–Crippen MR) is 74.1 cm³/mol. The van der Waals surface area contributed by atoms with Gasteiger partial charge in [0.05, 0.1) is 27.2 Å². The van der Waals surface area contributed by atoms with Gasteiger partial charge in [0.2, 0.25) is 0 Å². The average Bonchev–Trinajstić information content (AvgIpc) is 2.94. The Balaban J connectivity index is 1.76. The van der Waals surface area contributed by atoms with Crippen LogP contribution in [0, 0.1) is 0 Å². The van der Waals surface area contributed by atoms with E-state index < -0.39 is 9.84 Å². The van der Waals surface area contributed by atoms with Crippen LogP contribution in [0.5, 0.6) is 0 Å². The van der Waals surface area contributed by atoms with Crippen molar-refractivity contribution in [1.82, 2.24) is 10.3 Å². The van der Waals surface area contributed by atoms with E-state index in [9.17, 15) is 13.2 Å². The number of hydrogen-bond acceptors (Lipinski definition) is 5. The molecule has 1 fully saturated rings. The molecule has 1 atom stereocenters. The first-order chi connectivity index (χ1) is 9.03. The number of carbonyl (C=O) groups excluding carboxylic acids is 1. The summed E-state index contributed by atoms with van der Waals surface area (Å²) in [4.78, 5) is 16.2. The van der Waals surface area contributed by atoms with E-state index in [0.717, 1.165) is 10.2 Å². The molecular weight excluding hydrogens is 284 g/mol. The standard InChI is InChI=1S/C12H12N2O3S2/c15-12(14-9-3-4-19(16,17)6-9)8-1-2-10-11(5-8)18-7-13-10/h1-2,5,7,9H,3-4,6H2,(H,14,15)/t9-/m0/s1. The summed E-state index contributed by atoms with van der Waals surface area (Å²) in [5.41, 5.74) is 3.14. The average molecular weight is 296 g/mol. The van der Waals surface area contributed by atoms with Crippen molar-refractivity contribution in [3.63, 3.8) is 0 Å². The lowest BCUT2D eigenvalue weighted by Crippen LogP contribution is -2.35. The first kappa shape index (κ1) is 12.6. The predicted octanol–water partition coefficient (Wildman–Crippen LogP) is 1.21. The van der Waals surface area contributed by atoms with E-state index >= 15 is 0 Å². The van der Waals surface area contributed by atoms with Gasteiger partial charge >= 0.3 is 0 Å². The zero-order chi connectivity index (χ0) is 13.5. The fraction of sp³-hybridized carbons (Fsp3) is 0.333. The van der Waals surface area contributed by atoms with Gasteiger partial charge in [0, 0.05) is 11.6 Å². The Labute approximate surface area is 114 Å². The van der Waals surface area contributed by atoms with E-state index in [1.807, 2.05) is 0 Å². The maximum absolute atomic E-state index is 12.1. The number of fused-ring (bicyclic) bond motifs is 1. The normalized spacial score (nSPS) is 21.6. The zero-order valence-corrected chi connectivity index (χ0v) is 11.6. The van der Waals surface area contributed by atoms with Crippen LogP contribution in [-0.4, -0.2) is 36.9 Å². The summed E-state index contributed by atoms with van der Waals surface area (Å²) in [6.07, 6.45) is 0.497. The van der Waals surface area contributed by atoms with E-state index in [4.69, 9.17) is 0 Å². The van der Waals surface area contributed by atoms with Gasteiger partial charge in [0.25, 0.3) is 5.91 Å². The Morgan fingerprint density at radius 2 is 2.26 bits per heavy atom. The highest BCUT2D eigenvalue weighted by molar-refractivity contribution is 7.91. The maximum Gasteiger partial charge on any atom is 0.251 e. The van der Waals surface area contributed by atoms with Gasteiger partial charge in [-0.25, -0.2) is 13.4 Å². The molecule has 2 aromatic rings. The Morgan fingerprint density at radius 3 is 3.00 bits per heavy atom. The summed E-state index contributed by atoms with van der Waals surface area (Å²) < 4.78 is 23.6. The molecule has 5 nitrogen and oxygen atoms in total. The van der Waals surface area contributed by atoms with Crippen LogP contribution in [0.3, 0.4) is 0 Å². The molecule has 1 aromatic carbocycles. The third kappa shape index (κ3) is 2.62. The highest BCUT2D eigenvalue weighted by Gasteiger charge is 2.29. The van der Waals surface area contributed by atoms with E-state index in [2.05, 4.69) is 10.3 Å². The molecule has 1 aliphatic heterocycles. The lowest BCUT2D eigenvalue weighted by Gasteiger charge is -2.10. The van der Waals surface area contributed by atoms with Crippen LogP contribution in [0.4, 0.5) is 0 Å². The quantitative estimate of drug-likeness (QED) is 0.904. The highest BCUT2D eigenvalue weighted by atomic mass is 32.2. The number of amides is 1. The fourth-order valence-electron chi connectivity index (χ4n) is 2.17. The second kappa shape index (κ2) is 4.57. The zero-order valence-electron chi connectivity index (χ0n) is 10.00.